The average molecular weight is 386 g/mol. The lowest BCUT2D eigenvalue weighted by Crippen LogP contribution is -2.20. The normalized spacial score (nSPS) is 22.0. The van der Waals surface area contributed by atoms with E-state index in [1.807, 2.05) is 0 Å². The summed E-state index contributed by atoms with van der Waals surface area (Å²) < 4.78 is 41.0. The molecule has 4 heteroatoms. The van der Waals surface area contributed by atoms with Crippen LogP contribution in [0.15, 0.2) is 48.6 Å². The first-order chi connectivity index (χ1) is 13.4. The van der Waals surface area contributed by atoms with E-state index >= 15 is 0 Å². The van der Waals surface area contributed by atoms with Crippen LogP contribution in [0, 0.1) is 5.92 Å². The van der Waals surface area contributed by atoms with Crippen LogP contribution in [0.4, 0.5) is 13.2 Å². The molecule has 0 radical (unpaired) electrons. The molecular formula is C24H25F3O. The molecule has 0 saturated heterocycles. The lowest BCUT2D eigenvalue weighted by molar-refractivity contribution is -0.274. The number of hydrogen-bond donors (Lipinski definition) is 0. The van der Waals surface area contributed by atoms with Crippen molar-refractivity contribution in [3.05, 3.63) is 76.4 Å². The van der Waals surface area contributed by atoms with Crippen molar-refractivity contribution in [2.45, 2.75) is 57.7 Å². The van der Waals surface area contributed by atoms with Crippen LogP contribution in [-0.4, -0.2) is 6.36 Å². The van der Waals surface area contributed by atoms with Gasteiger partial charge in [0, 0.05) is 0 Å². The second-order valence-corrected chi connectivity index (χ2v) is 7.93. The van der Waals surface area contributed by atoms with E-state index in [-0.39, 0.29) is 5.75 Å². The Kier molecular flexibility index (Phi) is 5.22. The van der Waals surface area contributed by atoms with E-state index in [1.165, 1.54) is 35.2 Å². The van der Waals surface area contributed by atoms with Gasteiger partial charge in [0.15, 0.2) is 0 Å². The smallest absolute Gasteiger partial charge is 0.406 e. The van der Waals surface area contributed by atoms with Crippen molar-refractivity contribution >= 4 is 0 Å². The Labute approximate surface area is 164 Å². The van der Waals surface area contributed by atoms with Crippen LogP contribution in [0.2, 0.25) is 0 Å². The molecule has 4 rings (SSSR count). The molecule has 0 amide bonds. The van der Waals surface area contributed by atoms with Crippen LogP contribution in [0.25, 0.3) is 0 Å². The van der Waals surface area contributed by atoms with Crippen molar-refractivity contribution in [2.24, 2.45) is 5.92 Å². The highest BCUT2D eigenvalue weighted by molar-refractivity contribution is 5.46. The van der Waals surface area contributed by atoms with Gasteiger partial charge in [-0.15, -0.1) is 13.2 Å². The van der Waals surface area contributed by atoms with Crippen molar-refractivity contribution in [3.8, 4) is 5.75 Å². The molecule has 0 aliphatic heterocycles. The first kappa shape index (κ1) is 19.1. The molecule has 148 valence electrons. The third-order valence-corrected chi connectivity index (χ3v) is 6.13. The molecule has 0 saturated carbocycles. The van der Waals surface area contributed by atoms with Crippen molar-refractivity contribution in [3.63, 3.8) is 0 Å². The number of alkyl halides is 3. The SMILES string of the molecule is C/C=C/[C@H]1CCc2c(ccc3c2CC[C@H](c2ccc(OC(F)(F)F)cc2)C3)C1. The Balaban J connectivity index is 1.50. The van der Waals surface area contributed by atoms with Crippen LogP contribution in [0.3, 0.4) is 0 Å². The molecule has 0 aromatic heterocycles. The van der Waals surface area contributed by atoms with Crippen molar-refractivity contribution in [2.75, 3.05) is 0 Å². The molecule has 0 N–H and O–H groups in total. The van der Waals surface area contributed by atoms with E-state index in [0.29, 0.717) is 11.8 Å². The third kappa shape index (κ3) is 4.11. The zero-order valence-electron chi connectivity index (χ0n) is 16.1. The summed E-state index contributed by atoms with van der Waals surface area (Å²) in [5.74, 6) is 0.853. The standard InChI is InChI=1S/C24H25F3O/c1-2-3-16-4-12-22-19(14-16)5-6-20-15-18(9-13-23(20)22)17-7-10-21(11-8-17)28-24(25,26)27/h2-3,5-8,10-11,16,18H,4,9,12-15H2,1H3/b3-2+/t16-,18-/m0/s1. The van der Waals surface area contributed by atoms with Gasteiger partial charge in [-0.1, -0.05) is 36.4 Å². The maximum absolute atomic E-state index is 12.3. The Bertz CT molecular complexity index is 865. The van der Waals surface area contributed by atoms with Gasteiger partial charge in [-0.2, -0.15) is 0 Å². The van der Waals surface area contributed by atoms with E-state index in [2.05, 4.69) is 35.9 Å². The predicted octanol–water partition coefficient (Wildman–Crippen LogP) is 6.54. The summed E-state index contributed by atoms with van der Waals surface area (Å²) in [5.41, 5.74) is 7.09. The fourth-order valence-corrected chi connectivity index (χ4v) is 4.86. The maximum atomic E-state index is 12.3. The summed E-state index contributed by atoms with van der Waals surface area (Å²) in [7, 11) is 0. The summed E-state index contributed by atoms with van der Waals surface area (Å²) >= 11 is 0. The fourth-order valence-electron chi connectivity index (χ4n) is 4.86. The van der Waals surface area contributed by atoms with Gasteiger partial charge in [0.2, 0.25) is 0 Å². The number of halogens is 3. The molecule has 1 nitrogen and oxygen atoms in total. The zero-order chi connectivity index (χ0) is 19.7. The van der Waals surface area contributed by atoms with Gasteiger partial charge >= 0.3 is 6.36 Å². The van der Waals surface area contributed by atoms with Gasteiger partial charge in [-0.25, -0.2) is 0 Å². The Hall–Kier alpha value is -2.23. The van der Waals surface area contributed by atoms with Gasteiger partial charge in [0.1, 0.15) is 5.75 Å². The zero-order valence-corrected chi connectivity index (χ0v) is 16.1. The van der Waals surface area contributed by atoms with Crippen molar-refractivity contribution in [1.29, 1.82) is 0 Å². The van der Waals surface area contributed by atoms with Crippen LogP contribution in [0.5, 0.6) is 5.75 Å². The molecule has 28 heavy (non-hydrogen) atoms. The molecule has 0 spiro atoms. The van der Waals surface area contributed by atoms with Gasteiger partial charge in [0.05, 0.1) is 0 Å². The van der Waals surface area contributed by atoms with Crippen molar-refractivity contribution < 1.29 is 17.9 Å². The molecule has 0 bridgehead atoms. The van der Waals surface area contributed by atoms with Gasteiger partial charge in [-0.3, -0.25) is 0 Å². The van der Waals surface area contributed by atoms with Gasteiger partial charge in [-0.05, 0) is 97.2 Å². The van der Waals surface area contributed by atoms with Gasteiger partial charge < -0.3 is 4.74 Å². The molecule has 0 heterocycles. The molecule has 2 aliphatic rings. The van der Waals surface area contributed by atoms with Crippen molar-refractivity contribution in [1.82, 2.24) is 0 Å². The summed E-state index contributed by atoms with van der Waals surface area (Å²) in [6, 6.07) is 11.0. The minimum absolute atomic E-state index is 0.155. The summed E-state index contributed by atoms with van der Waals surface area (Å²) in [6.45, 7) is 2.09. The molecule has 0 unspecified atom stereocenters. The molecule has 0 fully saturated rings. The second-order valence-electron chi connectivity index (χ2n) is 7.93. The number of ether oxygens (including phenoxy) is 1. The highest BCUT2D eigenvalue weighted by Crippen LogP contribution is 2.39. The number of fused-ring (bicyclic) bond motifs is 3. The summed E-state index contributed by atoms with van der Waals surface area (Å²) in [4.78, 5) is 0. The first-order valence-corrected chi connectivity index (χ1v) is 10.0. The van der Waals surface area contributed by atoms with Crippen LogP contribution >= 0.6 is 0 Å². The molecule has 2 aromatic carbocycles. The summed E-state index contributed by atoms with van der Waals surface area (Å²) in [5, 5.41) is 0. The van der Waals surface area contributed by atoms with Crippen LogP contribution in [-0.2, 0) is 25.7 Å². The predicted molar refractivity (Wildman–Crippen MR) is 105 cm³/mol. The van der Waals surface area contributed by atoms with E-state index in [0.717, 1.165) is 37.7 Å². The fraction of sp³-hybridized carbons (Fsp3) is 0.417. The molecule has 2 atom stereocenters. The lowest BCUT2D eigenvalue weighted by Gasteiger charge is -2.31. The number of hydrogen-bond acceptors (Lipinski definition) is 1. The van der Waals surface area contributed by atoms with Crippen LogP contribution < -0.4 is 4.74 Å². The van der Waals surface area contributed by atoms with Crippen LogP contribution in [0.1, 0.15) is 53.5 Å². The topological polar surface area (TPSA) is 9.23 Å². The minimum atomic E-state index is -4.64. The number of allylic oxidation sites excluding steroid dienone is 2. The molecule has 2 aliphatic carbocycles. The lowest BCUT2D eigenvalue weighted by atomic mass is 9.74. The molecular weight excluding hydrogens is 361 g/mol. The third-order valence-electron chi connectivity index (χ3n) is 6.13. The Morgan fingerprint density at radius 2 is 1.54 bits per heavy atom. The Morgan fingerprint density at radius 3 is 2.18 bits per heavy atom. The van der Waals surface area contributed by atoms with Gasteiger partial charge in [0.25, 0.3) is 0 Å². The number of benzene rings is 2. The molecule has 2 aromatic rings. The average Bonchev–Trinajstić information content (AvgIpc) is 2.67. The maximum Gasteiger partial charge on any atom is 0.573 e. The minimum Gasteiger partial charge on any atom is -0.406 e. The highest BCUT2D eigenvalue weighted by atomic mass is 19.4. The number of rotatable bonds is 3. The van der Waals surface area contributed by atoms with E-state index < -0.39 is 6.36 Å². The summed E-state index contributed by atoms with van der Waals surface area (Å²) in [6.07, 6.45) is 6.40. The van der Waals surface area contributed by atoms with E-state index in [1.54, 1.807) is 17.7 Å². The van der Waals surface area contributed by atoms with E-state index in [4.69, 9.17) is 0 Å². The first-order valence-electron chi connectivity index (χ1n) is 10.0. The second kappa shape index (κ2) is 7.65. The highest BCUT2D eigenvalue weighted by Gasteiger charge is 2.31. The van der Waals surface area contributed by atoms with E-state index in [9.17, 15) is 13.2 Å². The largest absolute Gasteiger partial charge is 0.573 e. The Morgan fingerprint density at radius 1 is 0.893 bits per heavy atom. The quantitative estimate of drug-likeness (QED) is 0.544. The monoisotopic (exact) mass is 386 g/mol.